The van der Waals surface area contributed by atoms with E-state index in [1.807, 2.05) is 0 Å². The van der Waals surface area contributed by atoms with Gasteiger partial charge in [0.25, 0.3) is 0 Å². The zero-order chi connectivity index (χ0) is 13.3. The number of benzene rings is 1. The van der Waals surface area contributed by atoms with Gasteiger partial charge in [0.05, 0.1) is 22.9 Å². The Morgan fingerprint density at radius 3 is 2.78 bits per heavy atom. The van der Waals surface area contributed by atoms with Crippen molar-refractivity contribution in [2.24, 2.45) is 7.05 Å². The Hall–Kier alpha value is -1.23. The van der Waals surface area contributed by atoms with Crippen molar-refractivity contribution < 1.29 is 9.84 Å². The van der Waals surface area contributed by atoms with Gasteiger partial charge in [0, 0.05) is 18.1 Å². The van der Waals surface area contributed by atoms with E-state index in [4.69, 9.17) is 27.9 Å². The van der Waals surface area contributed by atoms with E-state index in [1.165, 1.54) is 0 Å². The lowest BCUT2D eigenvalue weighted by atomic mass is 10.2. The number of aliphatic hydroxyl groups excluding tert-OH is 1. The Morgan fingerprint density at radius 1 is 1.39 bits per heavy atom. The lowest BCUT2D eigenvalue weighted by Gasteiger charge is -2.09. The van der Waals surface area contributed by atoms with Crippen LogP contribution in [0.25, 0.3) is 0 Å². The molecule has 1 aromatic carbocycles. The first-order chi connectivity index (χ1) is 8.52. The molecular weight excluding hydrogens is 275 g/mol. The number of rotatable bonds is 3. The van der Waals surface area contributed by atoms with E-state index < -0.39 is 0 Å². The van der Waals surface area contributed by atoms with Gasteiger partial charge in [-0.05, 0) is 19.1 Å². The number of hydrogen-bond donors (Lipinski definition) is 1. The summed E-state index contributed by atoms with van der Waals surface area (Å²) < 4.78 is 7.24. The number of nitrogens with zero attached hydrogens (tertiary/aromatic N) is 2. The van der Waals surface area contributed by atoms with Crippen molar-refractivity contribution in [2.75, 3.05) is 0 Å². The molecule has 0 aliphatic carbocycles. The predicted molar refractivity (Wildman–Crippen MR) is 70.4 cm³/mol. The minimum atomic E-state index is -0.146. The molecule has 0 aliphatic rings. The fourth-order valence-corrected chi connectivity index (χ4v) is 1.97. The first kappa shape index (κ1) is 13.2. The average molecular weight is 287 g/mol. The summed E-state index contributed by atoms with van der Waals surface area (Å²) in [7, 11) is 1.74. The van der Waals surface area contributed by atoms with Crippen LogP contribution in [0.2, 0.25) is 10.0 Å². The SMILES string of the molecule is Cc1nn(C)c(Oc2cc(Cl)ccc2Cl)c1CO. The fraction of sp³-hybridized carbons (Fsp3) is 0.250. The van der Waals surface area contributed by atoms with Gasteiger partial charge in [-0.1, -0.05) is 23.2 Å². The van der Waals surface area contributed by atoms with Gasteiger partial charge < -0.3 is 9.84 Å². The van der Waals surface area contributed by atoms with Gasteiger partial charge in [0.1, 0.15) is 5.75 Å². The van der Waals surface area contributed by atoms with E-state index in [0.717, 1.165) is 0 Å². The summed E-state index contributed by atoms with van der Waals surface area (Å²) in [5, 5.41) is 14.5. The summed E-state index contributed by atoms with van der Waals surface area (Å²) in [5.74, 6) is 0.890. The van der Waals surface area contributed by atoms with Crippen molar-refractivity contribution in [3.05, 3.63) is 39.5 Å². The van der Waals surface area contributed by atoms with E-state index in [1.54, 1.807) is 36.9 Å². The standard InChI is InChI=1S/C12H12Cl2N2O2/c1-7-9(6-17)12(16(2)15-7)18-11-5-8(13)3-4-10(11)14/h3-5,17H,6H2,1-2H3. The van der Waals surface area contributed by atoms with Gasteiger partial charge in [0.15, 0.2) is 0 Å². The highest BCUT2D eigenvalue weighted by Crippen LogP contribution is 2.33. The maximum atomic E-state index is 9.32. The lowest BCUT2D eigenvalue weighted by molar-refractivity contribution is 0.274. The van der Waals surface area contributed by atoms with Crippen molar-refractivity contribution in [3.8, 4) is 11.6 Å². The van der Waals surface area contributed by atoms with Gasteiger partial charge in [-0.3, -0.25) is 0 Å². The first-order valence-electron chi connectivity index (χ1n) is 5.29. The molecule has 0 saturated heterocycles. The summed E-state index contributed by atoms with van der Waals surface area (Å²) in [6.07, 6.45) is 0. The van der Waals surface area contributed by atoms with Crippen LogP contribution < -0.4 is 4.74 Å². The highest BCUT2D eigenvalue weighted by Gasteiger charge is 2.16. The molecule has 96 valence electrons. The Morgan fingerprint density at radius 2 is 2.11 bits per heavy atom. The van der Waals surface area contributed by atoms with Gasteiger partial charge in [-0.15, -0.1) is 0 Å². The van der Waals surface area contributed by atoms with Gasteiger partial charge in [-0.2, -0.15) is 5.10 Å². The van der Waals surface area contributed by atoms with Crippen LogP contribution in [0.4, 0.5) is 0 Å². The Kier molecular flexibility index (Phi) is 3.80. The van der Waals surface area contributed by atoms with Crippen LogP contribution >= 0.6 is 23.2 Å². The van der Waals surface area contributed by atoms with Crippen LogP contribution in [0.3, 0.4) is 0 Å². The van der Waals surface area contributed by atoms with Gasteiger partial charge in [-0.25, -0.2) is 4.68 Å². The van der Waals surface area contributed by atoms with E-state index in [2.05, 4.69) is 5.10 Å². The van der Waals surface area contributed by atoms with Crippen molar-refractivity contribution in [1.82, 2.24) is 9.78 Å². The van der Waals surface area contributed by atoms with E-state index in [9.17, 15) is 5.11 Å². The largest absolute Gasteiger partial charge is 0.437 e. The van der Waals surface area contributed by atoms with Gasteiger partial charge >= 0.3 is 0 Å². The van der Waals surface area contributed by atoms with E-state index in [-0.39, 0.29) is 6.61 Å². The van der Waals surface area contributed by atoms with Gasteiger partial charge in [0.2, 0.25) is 5.88 Å². The van der Waals surface area contributed by atoms with Crippen LogP contribution in [0.5, 0.6) is 11.6 Å². The molecule has 0 amide bonds. The Bertz CT molecular complexity index is 582. The quantitative estimate of drug-likeness (QED) is 0.942. The minimum absolute atomic E-state index is 0.146. The number of halogens is 2. The zero-order valence-corrected chi connectivity index (χ0v) is 11.5. The molecule has 4 nitrogen and oxygen atoms in total. The zero-order valence-electron chi connectivity index (χ0n) is 9.94. The molecule has 0 unspecified atom stereocenters. The molecular formula is C12H12Cl2N2O2. The summed E-state index contributed by atoms with van der Waals surface area (Å²) in [6.45, 7) is 1.66. The third kappa shape index (κ3) is 2.46. The molecule has 0 aliphatic heterocycles. The maximum Gasteiger partial charge on any atom is 0.223 e. The highest BCUT2D eigenvalue weighted by molar-refractivity contribution is 6.34. The summed E-state index contributed by atoms with van der Waals surface area (Å²) in [5.41, 5.74) is 1.35. The highest BCUT2D eigenvalue weighted by atomic mass is 35.5. The van der Waals surface area contributed by atoms with Crippen LogP contribution in [0, 0.1) is 6.92 Å². The summed E-state index contributed by atoms with van der Waals surface area (Å²) >= 11 is 11.9. The van der Waals surface area contributed by atoms with Crippen LogP contribution in [-0.2, 0) is 13.7 Å². The van der Waals surface area contributed by atoms with Crippen LogP contribution in [0.15, 0.2) is 18.2 Å². The molecule has 18 heavy (non-hydrogen) atoms. The second-order valence-corrected chi connectivity index (χ2v) is 4.67. The minimum Gasteiger partial charge on any atom is -0.437 e. The second kappa shape index (κ2) is 5.18. The predicted octanol–water partition coefficient (Wildman–Crippen LogP) is 3.32. The molecule has 0 fully saturated rings. The third-order valence-corrected chi connectivity index (χ3v) is 3.09. The summed E-state index contributed by atoms with van der Waals surface area (Å²) in [4.78, 5) is 0. The monoisotopic (exact) mass is 286 g/mol. The Balaban J connectivity index is 2.42. The molecule has 2 rings (SSSR count). The molecule has 6 heteroatoms. The molecule has 0 radical (unpaired) electrons. The van der Waals surface area contributed by atoms with Crippen LogP contribution in [0.1, 0.15) is 11.3 Å². The first-order valence-corrected chi connectivity index (χ1v) is 6.04. The maximum absolute atomic E-state index is 9.32. The second-order valence-electron chi connectivity index (χ2n) is 3.83. The van der Waals surface area contributed by atoms with Crippen molar-refractivity contribution in [1.29, 1.82) is 0 Å². The van der Waals surface area contributed by atoms with E-state index >= 15 is 0 Å². The molecule has 0 atom stereocenters. The molecule has 0 saturated carbocycles. The molecule has 1 N–H and O–H groups in total. The molecule has 2 aromatic rings. The normalized spacial score (nSPS) is 10.7. The number of aromatic nitrogens is 2. The van der Waals surface area contributed by atoms with Crippen molar-refractivity contribution >= 4 is 23.2 Å². The molecule has 1 heterocycles. The topological polar surface area (TPSA) is 47.3 Å². The Labute approximate surface area is 115 Å². The average Bonchev–Trinajstić information content (AvgIpc) is 2.58. The van der Waals surface area contributed by atoms with Crippen LogP contribution in [-0.4, -0.2) is 14.9 Å². The lowest BCUT2D eigenvalue weighted by Crippen LogP contribution is -1.97. The number of hydrogen-bond acceptors (Lipinski definition) is 3. The molecule has 0 bridgehead atoms. The smallest absolute Gasteiger partial charge is 0.223 e. The number of ether oxygens (including phenoxy) is 1. The number of aryl methyl sites for hydroxylation is 2. The third-order valence-electron chi connectivity index (χ3n) is 2.55. The fourth-order valence-electron chi connectivity index (χ4n) is 1.65. The summed E-state index contributed by atoms with van der Waals surface area (Å²) in [6, 6.07) is 4.95. The number of aliphatic hydroxyl groups is 1. The molecule has 1 aromatic heterocycles. The van der Waals surface area contributed by atoms with E-state index in [0.29, 0.717) is 32.9 Å². The van der Waals surface area contributed by atoms with Crippen molar-refractivity contribution in [2.45, 2.75) is 13.5 Å². The molecule has 0 spiro atoms. The van der Waals surface area contributed by atoms with Crippen molar-refractivity contribution in [3.63, 3.8) is 0 Å².